The first-order chi connectivity index (χ1) is 6.25. The van der Waals surface area contributed by atoms with Crippen molar-refractivity contribution in [3.63, 3.8) is 0 Å². The van der Waals surface area contributed by atoms with Gasteiger partial charge in [0.2, 0.25) is 0 Å². The first-order valence-corrected chi connectivity index (χ1v) is 4.80. The predicted molar refractivity (Wildman–Crippen MR) is 46.3 cm³/mol. The quantitative estimate of drug-likeness (QED) is 0.618. The lowest BCUT2D eigenvalue weighted by Crippen LogP contribution is -2.41. The third kappa shape index (κ3) is 2.00. The fraction of sp³-hybridized carbons (Fsp3) is 0.889. The number of cyclic esters (lactones) is 1. The van der Waals surface area contributed by atoms with E-state index in [4.69, 9.17) is 9.47 Å². The van der Waals surface area contributed by atoms with Crippen molar-refractivity contribution in [3.05, 3.63) is 0 Å². The van der Waals surface area contributed by atoms with Crippen LogP contribution in [0.3, 0.4) is 0 Å². The molecule has 0 amide bonds. The van der Waals surface area contributed by atoms with E-state index >= 15 is 0 Å². The predicted octanol–water partition coefficient (Wildman–Crippen LogP) is 0.0689. The smallest absolute Gasteiger partial charge is 0.323 e. The van der Waals surface area contributed by atoms with Gasteiger partial charge >= 0.3 is 5.97 Å². The van der Waals surface area contributed by atoms with Crippen LogP contribution in [0, 0.1) is 0 Å². The third-order valence-electron chi connectivity index (χ3n) is 2.54. The zero-order chi connectivity index (χ0) is 9.26. The zero-order valence-corrected chi connectivity index (χ0v) is 7.79. The maximum absolute atomic E-state index is 11.2. The summed E-state index contributed by atoms with van der Waals surface area (Å²) in [6.07, 6.45) is 1.85. The van der Waals surface area contributed by atoms with Crippen molar-refractivity contribution in [1.29, 1.82) is 0 Å². The van der Waals surface area contributed by atoms with Gasteiger partial charge in [0.15, 0.2) is 0 Å². The number of nitrogens with one attached hydrogen (secondary N) is 1. The second-order valence-electron chi connectivity index (χ2n) is 3.76. The minimum atomic E-state index is -0.112. The Morgan fingerprint density at radius 3 is 2.92 bits per heavy atom. The Balaban J connectivity index is 1.83. The van der Waals surface area contributed by atoms with E-state index in [9.17, 15) is 4.79 Å². The molecule has 4 nitrogen and oxygen atoms in total. The highest BCUT2D eigenvalue weighted by molar-refractivity contribution is 5.77. The van der Waals surface area contributed by atoms with Gasteiger partial charge in [0.05, 0.1) is 6.61 Å². The minimum Gasteiger partial charge on any atom is -0.461 e. The molecule has 0 spiro atoms. The second-order valence-corrected chi connectivity index (χ2v) is 3.76. The summed E-state index contributed by atoms with van der Waals surface area (Å²) in [6.45, 7) is 3.44. The van der Waals surface area contributed by atoms with E-state index in [1.807, 2.05) is 6.92 Å². The maximum Gasteiger partial charge on any atom is 0.323 e. The van der Waals surface area contributed by atoms with Gasteiger partial charge in [-0.15, -0.1) is 0 Å². The molecule has 2 saturated heterocycles. The number of carbonyl (C=O) groups excluding carboxylic acids is 1. The Hall–Kier alpha value is -0.610. The SMILES string of the molecule is CC1CC(NC2CCOC2)C(=O)O1. The Labute approximate surface area is 77.6 Å². The molecule has 3 unspecified atom stereocenters. The highest BCUT2D eigenvalue weighted by Gasteiger charge is 2.33. The Morgan fingerprint density at radius 2 is 2.38 bits per heavy atom. The molecule has 2 heterocycles. The maximum atomic E-state index is 11.2. The molecule has 0 aliphatic carbocycles. The monoisotopic (exact) mass is 185 g/mol. The third-order valence-corrected chi connectivity index (χ3v) is 2.54. The Bertz CT molecular complexity index is 201. The first-order valence-electron chi connectivity index (χ1n) is 4.80. The Morgan fingerprint density at radius 1 is 1.54 bits per heavy atom. The van der Waals surface area contributed by atoms with Crippen LogP contribution in [0.4, 0.5) is 0 Å². The van der Waals surface area contributed by atoms with Crippen LogP contribution in [0.15, 0.2) is 0 Å². The van der Waals surface area contributed by atoms with E-state index in [0.717, 1.165) is 26.1 Å². The highest BCUT2D eigenvalue weighted by atomic mass is 16.6. The lowest BCUT2D eigenvalue weighted by Gasteiger charge is -2.13. The fourth-order valence-corrected chi connectivity index (χ4v) is 1.84. The van der Waals surface area contributed by atoms with Crippen LogP contribution < -0.4 is 5.32 Å². The van der Waals surface area contributed by atoms with Gasteiger partial charge in [-0.25, -0.2) is 0 Å². The van der Waals surface area contributed by atoms with Crippen molar-refractivity contribution in [2.24, 2.45) is 0 Å². The average molecular weight is 185 g/mol. The molecule has 3 atom stereocenters. The van der Waals surface area contributed by atoms with Crippen LogP contribution in [0.25, 0.3) is 0 Å². The zero-order valence-electron chi connectivity index (χ0n) is 7.79. The van der Waals surface area contributed by atoms with E-state index in [2.05, 4.69) is 5.32 Å². The molecular weight excluding hydrogens is 170 g/mol. The van der Waals surface area contributed by atoms with Crippen LogP contribution in [-0.4, -0.2) is 37.4 Å². The molecule has 4 heteroatoms. The molecule has 74 valence electrons. The van der Waals surface area contributed by atoms with Crippen molar-refractivity contribution >= 4 is 5.97 Å². The molecular formula is C9H15NO3. The molecule has 13 heavy (non-hydrogen) atoms. The van der Waals surface area contributed by atoms with Gasteiger partial charge in [0.25, 0.3) is 0 Å². The van der Waals surface area contributed by atoms with E-state index < -0.39 is 0 Å². The molecule has 0 aromatic heterocycles. The summed E-state index contributed by atoms with van der Waals surface area (Å²) < 4.78 is 10.3. The molecule has 2 fully saturated rings. The Kier molecular flexibility index (Phi) is 2.51. The molecule has 0 radical (unpaired) electrons. The van der Waals surface area contributed by atoms with E-state index in [-0.39, 0.29) is 18.1 Å². The summed E-state index contributed by atoms with van der Waals surface area (Å²) in [4.78, 5) is 11.2. The van der Waals surface area contributed by atoms with Crippen molar-refractivity contribution in [3.8, 4) is 0 Å². The number of esters is 1. The summed E-state index contributed by atoms with van der Waals surface area (Å²) in [5.74, 6) is -0.112. The van der Waals surface area contributed by atoms with Crippen molar-refractivity contribution < 1.29 is 14.3 Å². The van der Waals surface area contributed by atoms with E-state index in [0.29, 0.717) is 6.04 Å². The van der Waals surface area contributed by atoms with Gasteiger partial charge in [0.1, 0.15) is 12.1 Å². The lowest BCUT2D eigenvalue weighted by molar-refractivity contribution is -0.142. The van der Waals surface area contributed by atoms with Crippen molar-refractivity contribution in [1.82, 2.24) is 5.32 Å². The van der Waals surface area contributed by atoms with Gasteiger partial charge < -0.3 is 9.47 Å². The molecule has 0 aromatic rings. The van der Waals surface area contributed by atoms with Crippen LogP contribution in [0.5, 0.6) is 0 Å². The van der Waals surface area contributed by atoms with E-state index in [1.165, 1.54) is 0 Å². The summed E-state index contributed by atoms with van der Waals surface area (Å²) in [5, 5.41) is 3.26. The second kappa shape index (κ2) is 3.64. The van der Waals surface area contributed by atoms with Crippen LogP contribution in [0.1, 0.15) is 19.8 Å². The number of rotatable bonds is 2. The molecule has 0 aromatic carbocycles. The average Bonchev–Trinajstić information content (AvgIpc) is 2.63. The minimum absolute atomic E-state index is 0.0623. The van der Waals surface area contributed by atoms with Gasteiger partial charge in [-0.2, -0.15) is 0 Å². The number of ether oxygens (including phenoxy) is 2. The topological polar surface area (TPSA) is 47.6 Å². The largest absolute Gasteiger partial charge is 0.461 e. The summed E-state index contributed by atoms with van der Waals surface area (Å²) in [5.41, 5.74) is 0. The first kappa shape index (κ1) is 8.97. The standard InChI is InChI=1S/C9H15NO3/c1-6-4-8(9(11)13-6)10-7-2-3-12-5-7/h6-8,10H,2-5H2,1H3. The molecule has 2 aliphatic rings. The van der Waals surface area contributed by atoms with Crippen LogP contribution >= 0.6 is 0 Å². The van der Waals surface area contributed by atoms with Crippen LogP contribution in [-0.2, 0) is 14.3 Å². The molecule has 2 aliphatic heterocycles. The lowest BCUT2D eigenvalue weighted by atomic mass is 10.1. The van der Waals surface area contributed by atoms with E-state index in [1.54, 1.807) is 0 Å². The van der Waals surface area contributed by atoms with Crippen molar-refractivity contribution in [2.45, 2.75) is 38.0 Å². The molecule has 2 rings (SSSR count). The number of hydrogen-bond donors (Lipinski definition) is 1. The number of carbonyl (C=O) groups is 1. The summed E-state index contributed by atoms with van der Waals surface area (Å²) in [7, 11) is 0. The van der Waals surface area contributed by atoms with Gasteiger partial charge in [-0.3, -0.25) is 10.1 Å². The van der Waals surface area contributed by atoms with Gasteiger partial charge in [-0.05, 0) is 13.3 Å². The molecule has 0 saturated carbocycles. The van der Waals surface area contributed by atoms with Gasteiger partial charge in [0, 0.05) is 19.1 Å². The van der Waals surface area contributed by atoms with Gasteiger partial charge in [-0.1, -0.05) is 0 Å². The van der Waals surface area contributed by atoms with Crippen molar-refractivity contribution in [2.75, 3.05) is 13.2 Å². The fourth-order valence-electron chi connectivity index (χ4n) is 1.84. The summed E-state index contributed by atoms with van der Waals surface area (Å²) >= 11 is 0. The summed E-state index contributed by atoms with van der Waals surface area (Å²) in [6, 6.07) is 0.226. The highest BCUT2D eigenvalue weighted by Crippen LogP contribution is 2.16. The molecule has 0 bridgehead atoms. The molecule has 1 N–H and O–H groups in total. The van der Waals surface area contributed by atoms with Crippen LogP contribution in [0.2, 0.25) is 0 Å². The number of hydrogen-bond acceptors (Lipinski definition) is 4. The normalized spacial score (nSPS) is 39.5.